The molecule has 7 nitrogen and oxygen atoms in total. The molecule has 1 saturated heterocycles. The number of carbonyl (C=O) groups is 2. The van der Waals surface area contributed by atoms with E-state index in [1.807, 2.05) is 40.8 Å². The van der Waals surface area contributed by atoms with Crippen LogP contribution in [0.5, 0.6) is 0 Å². The van der Waals surface area contributed by atoms with Gasteiger partial charge < -0.3 is 14.8 Å². The minimum atomic E-state index is -0.256. The van der Waals surface area contributed by atoms with Gasteiger partial charge in [0.25, 0.3) is 0 Å². The van der Waals surface area contributed by atoms with Gasteiger partial charge in [-0.25, -0.2) is 0 Å². The van der Waals surface area contributed by atoms with E-state index in [9.17, 15) is 9.59 Å². The number of likely N-dealkylation sites (tertiary alicyclic amines) is 1. The van der Waals surface area contributed by atoms with Gasteiger partial charge in [0, 0.05) is 37.1 Å². The van der Waals surface area contributed by atoms with Gasteiger partial charge in [0.2, 0.25) is 11.8 Å². The molecule has 0 spiro atoms. The Balaban J connectivity index is 1.33. The molecule has 2 aliphatic rings. The van der Waals surface area contributed by atoms with Crippen molar-refractivity contribution in [1.29, 1.82) is 0 Å². The van der Waals surface area contributed by atoms with E-state index in [2.05, 4.69) is 15.5 Å². The molecule has 1 N–H and O–H groups in total. The molecule has 0 bridgehead atoms. The molecule has 1 saturated carbocycles. The van der Waals surface area contributed by atoms with Gasteiger partial charge >= 0.3 is 0 Å². The molecule has 2 fully saturated rings. The Morgan fingerprint density at radius 1 is 1.31 bits per heavy atom. The van der Waals surface area contributed by atoms with Gasteiger partial charge in [-0.15, -0.1) is 10.2 Å². The van der Waals surface area contributed by atoms with Crippen LogP contribution < -0.4 is 5.32 Å². The first kappa shape index (κ1) is 17.1. The third-order valence-electron chi connectivity index (χ3n) is 4.76. The van der Waals surface area contributed by atoms with Crippen molar-refractivity contribution in [3.05, 3.63) is 30.6 Å². The fourth-order valence-electron chi connectivity index (χ4n) is 3.06. The number of rotatable bonds is 6. The number of benzene rings is 1. The van der Waals surface area contributed by atoms with Crippen molar-refractivity contribution in [2.75, 3.05) is 18.4 Å². The molecule has 0 radical (unpaired) electrons. The Labute approximate surface area is 156 Å². The normalized spacial score (nSPS) is 19.8. The highest BCUT2D eigenvalue weighted by atomic mass is 32.2. The predicted octanol–water partition coefficient (Wildman–Crippen LogP) is 2.16. The second-order valence-corrected chi connectivity index (χ2v) is 8.02. The van der Waals surface area contributed by atoms with Gasteiger partial charge in [-0.3, -0.25) is 9.59 Å². The summed E-state index contributed by atoms with van der Waals surface area (Å²) in [6, 6.07) is 7.62. The van der Waals surface area contributed by atoms with E-state index in [-0.39, 0.29) is 17.7 Å². The van der Waals surface area contributed by atoms with Crippen molar-refractivity contribution in [2.45, 2.75) is 29.3 Å². The highest BCUT2D eigenvalue weighted by Gasteiger charge is 2.37. The van der Waals surface area contributed by atoms with Gasteiger partial charge in [-0.1, -0.05) is 0 Å². The van der Waals surface area contributed by atoms with Crippen LogP contribution in [0.4, 0.5) is 5.69 Å². The van der Waals surface area contributed by atoms with Crippen molar-refractivity contribution in [3.63, 3.8) is 0 Å². The third-order valence-corrected chi connectivity index (χ3v) is 5.82. The quantitative estimate of drug-likeness (QED) is 0.842. The third kappa shape index (κ3) is 3.90. The van der Waals surface area contributed by atoms with Crippen molar-refractivity contribution < 1.29 is 9.59 Å². The molecule has 1 aliphatic carbocycles. The minimum Gasteiger partial charge on any atom is -0.342 e. The topological polar surface area (TPSA) is 80.1 Å². The lowest BCUT2D eigenvalue weighted by molar-refractivity contribution is -0.128. The zero-order valence-electron chi connectivity index (χ0n) is 14.6. The maximum atomic E-state index is 12.5. The van der Waals surface area contributed by atoms with Gasteiger partial charge in [0.15, 0.2) is 5.16 Å². The molecule has 2 heterocycles. The van der Waals surface area contributed by atoms with Crippen molar-refractivity contribution in [2.24, 2.45) is 18.9 Å². The molecule has 136 valence electrons. The predicted molar refractivity (Wildman–Crippen MR) is 97.6 cm³/mol. The van der Waals surface area contributed by atoms with Gasteiger partial charge in [-0.2, -0.15) is 0 Å². The summed E-state index contributed by atoms with van der Waals surface area (Å²) in [6.45, 7) is 1.36. The number of aryl methyl sites for hydroxylation is 1. The van der Waals surface area contributed by atoms with Crippen LogP contribution in [0.2, 0.25) is 0 Å². The van der Waals surface area contributed by atoms with E-state index in [0.717, 1.165) is 22.3 Å². The molecule has 2 aromatic rings. The molecule has 8 heteroatoms. The van der Waals surface area contributed by atoms with Crippen LogP contribution in [0, 0.1) is 11.8 Å². The van der Waals surface area contributed by atoms with Crippen LogP contribution in [0.15, 0.2) is 40.6 Å². The van der Waals surface area contributed by atoms with Crippen LogP contribution in [0.25, 0.3) is 0 Å². The monoisotopic (exact) mass is 371 g/mol. The summed E-state index contributed by atoms with van der Waals surface area (Å²) >= 11 is 1.51. The van der Waals surface area contributed by atoms with E-state index in [4.69, 9.17) is 0 Å². The lowest BCUT2D eigenvalue weighted by Gasteiger charge is -2.16. The zero-order chi connectivity index (χ0) is 18.1. The molecular formula is C18H21N5O2S. The number of hydrogen-bond acceptors (Lipinski definition) is 5. The van der Waals surface area contributed by atoms with Crippen molar-refractivity contribution in [3.8, 4) is 0 Å². The molecule has 1 aliphatic heterocycles. The maximum absolute atomic E-state index is 12.5. The van der Waals surface area contributed by atoms with Crippen LogP contribution in [0.3, 0.4) is 0 Å². The first-order valence-electron chi connectivity index (χ1n) is 8.79. The summed E-state index contributed by atoms with van der Waals surface area (Å²) in [5.74, 6) is 0.423. The molecule has 2 amide bonds. The Hall–Kier alpha value is -2.35. The standard InChI is InChI=1S/C18H21N5O2S/c1-22-11-19-21-18(22)26-15-6-4-14(5-7-15)20-17(25)13-8-16(24)23(10-13)9-12-2-3-12/h4-7,11-13H,2-3,8-10H2,1H3,(H,20,25)/t13-/m1/s1. The molecular weight excluding hydrogens is 350 g/mol. The average Bonchev–Trinajstić information content (AvgIpc) is 3.24. The lowest BCUT2D eigenvalue weighted by atomic mass is 10.1. The molecule has 1 atom stereocenters. The number of carbonyl (C=O) groups excluding carboxylic acids is 2. The number of aromatic nitrogens is 3. The summed E-state index contributed by atoms with van der Waals surface area (Å²) in [5, 5.41) is 11.6. The fourth-order valence-corrected chi connectivity index (χ4v) is 3.82. The number of nitrogens with one attached hydrogen (secondary N) is 1. The summed E-state index contributed by atoms with van der Waals surface area (Å²) in [6.07, 6.45) is 4.39. The SMILES string of the molecule is Cn1cnnc1Sc1ccc(NC(=O)[C@@H]2CC(=O)N(CC3CC3)C2)cc1. The summed E-state index contributed by atoms with van der Waals surface area (Å²) in [5.41, 5.74) is 0.741. The van der Waals surface area contributed by atoms with Crippen LogP contribution in [-0.2, 0) is 16.6 Å². The summed E-state index contributed by atoms with van der Waals surface area (Å²) in [4.78, 5) is 27.4. The molecule has 4 rings (SSSR count). The van der Waals surface area contributed by atoms with E-state index >= 15 is 0 Å². The molecule has 1 aromatic heterocycles. The molecule has 0 unspecified atom stereocenters. The zero-order valence-corrected chi connectivity index (χ0v) is 15.4. The number of anilines is 1. The summed E-state index contributed by atoms with van der Waals surface area (Å²) in [7, 11) is 1.90. The van der Waals surface area contributed by atoms with Gasteiger partial charge in [0.1, 0.15) is 6.33 Å². The highest BCUT2D eigenvalue weighted by molar-refractivity contribution is 7.99. The Morgan fingerprint density at radius 2 is 2.08 bits per heavy atom. The Kier molecular flexibility index (Phi) is 4.67. The Bertz CT molecular complexity index is 815. The highest BCUT2D eigenvalue weighted by Crippen LogP contribution is 2.32. The maximum Gasteiger partial charge on any atom is 0.229 e. The second-order valence-electron chi connectivity index (χ2n) is 6.98. The van der Waals surface area contributed by atoms with E-state index in [1.165, 1.54) is 24.6 Å². The number of nitrogens with zero attached hydrogens (tertiary/aromatic N) is 4. The average molecular weight is 371 g/mol. The summed E-state index contributed by atoms with van der Waals surface area (Å²) < 4.78 is 1.85. The lowest BCUT2D eigenvalue weighted by Crippen LogP contribution is -2.29. The first-order chi connectivity index (χ1) is 12.6. The van der Waals surface area contributed by atoms with Crippen LogP contribution in [0.1, 0.15) is 19.3 Å². The number of hydrogen-bond donors (Lipinski definition) is 1. The largest absolute Gasteiger partial charge is 0.342 e. The van der Waals surface area contributed by atoms with Crippen molar-refractivity contribution >= 4 is 29.3 Å². The number of amides is 2. The van der Waals surface area contributed by atoms with Crippen LogP contribution in [-0.4, -0.2) is 44.6 Å². The molecule has 1 aromatic carbocycles. The van der Waals surface area contributed by atoms with E-state index in [0.29, 0.717) is 18.9 Å². The first-order valence-corrected chi connectivity index (χ1v) is 9.60. The van der Waals surface area contributed by atoms with Crippen LogP contribution >= 0.6 is 11.8 Å². The van der Waals surface area contributed by atoms with Gasteiger partial charge in [0.05, 0.1) is 5.92 Å². The van der Waals surface area contributed by atoms with Crippen molar-refractivity contribution in [1.82, 2.24) is 19.7 Å². The second kappa shape index (κ2) is 7.11. The Morgan fingerprint density at radius 3 is 2.73 bits per heavy atom. The van der Waals surface area contributed by atoms with E-state index < -0.39 is 0 Å². The van der Waals surface area contributed by atoms with E-state index in [1.54, 1.807) is 6.33 Å². The molecule has 26 heavy (non-hydrogen) atoms. The minimum absolute atomic E-state index is 0.0784. The smallest absolute Gasteiger partial charge is 0.229 e. The van der Waals surface area contributed by atoms with Gasteiger partial charge in [-0.05, 0) is 54.8 Å². The fraction of sp³-hybridized carbons (Fsp3) is 0.444.